The Bertz CT molecular complexity index is 516. The normalized spacial score (nSPS) is 12.6. The van der Waals surface area contributed by atoms with E-state index in [0.29, 0.717) is 5.92 Å². The number of rotatable bonds is 7. The van der Waals surface area contributed by atoms with Gasteiger partial charge in [0.2, 0.25) is 0 Å². The number of nitrogens with one attached hydrogen (secondary N) is 1. The summed E-state index contributed by atoms with van der Waals surface area (Å²) in [6.07, 6.45) is 3.66. The van der Waals surface area contributed by atoms with E-state index in [0.717, 1.165) is 31.8 Å². The van der Waals surface area contributed by atoms with Crippen molar-refractivity contribution in [1.29, 1.82) is 0 Å². The average molecular weight is 272 g/mol. The van der Waals surface area contributed by atoms with Crippen molar-refractivity contribution in [2.45, 2.75) is 39.2 Å². The fourth-order valence-electron chi connectivity index (χ4n) is 2.46. The topological polar surface area (TPSA) is 42.7 Å². The summed E-state index contributed by atoms with van der Waals surface area (Å²) in [6.45, 7) is 6.17. The molecule has 1 aromatic heterocycles. The Morgan fingerprint density at radius 1 is 1.25 bits per heavy atom. The monoisotopic (exact) mass is 272 g/mol. The summed E-state index contributed by atoms with van der Waals surface area (Å²) < 4.78 is 2.02. The van der Waals surface area contributed by atoms with Crippen LogP contribution in [0.25, 0.3) is 0 Å². The van der Waals surface area contributed by atoms with E-state index in [9.17, 15) is 0 Å². The molecule has 0 aliphatic heterocycles. The number of nitrogens with zero attached hydrogens (tertiary/aromatic N) is 3. The molecule has 0 fully saturated rings. The maximum absolute atomic E-state index is 4.42. The highest BCUT2D eigenvalue weighted by Gasteiger charge is 2.15. The van der Waals surface area contributed by atoms with Gasteiger partial charge in [0.1, 0.15) is 12.2 Å². The van der Waals surface area contributed by atoms with Crippen molar-refractivity contribution in [2.75, 3.05) is 13.6 Å². The zero-order chi connectivity index (χ0) is 14.4. The zero-order valence-electron chi connectivity index (χ0n) is 12.6. The molecular weight excluding hydrogens is 248 g/mol. The number of aryl methyl sites for hydroxylation is 2. The lowest BCUT2D eigenvalue weighted by Crippen LogP contribution is -2.21. The van der Waals surface area contributed by atoms with Crippen LogP contribution in [0.5, 0.6) is 0 Å². The molecule has 0 radical (unpaired) electrons. The summed E-state index contributed by atoms with van der Waals surface area (Å²) in [5.41, 5.74) is 2.65. The Balaban J connectivity index is 2.16. The average Bonchev–Trinajstić information content (AvgIpc) is 2.87. The lowest BCUT2D eigenvalue weighted by Gasteiger charge is -2.17. The minimum absolute atomic E-state index is 0.431. The van der Waals surface area contributed by atoms with Crippen molar-refractivity contribution in [3.05, 3.63) is 47.5 Å². The molecular formula is C16H24N4. The van der Waals surface area contributed by atoms with Gasteiger partial charge >= 0.3 is 0 Å². The molecule has 0 aliphatic rings. The van der Waals surface area contributed by atoms with Gasteiger partial charge in [0.25, 0.3) is 0 Å². The van der Waals surface area contributed by atoms with Crippen LogP contribution in [0.2, 0.25) is 0 Å². The van der Waals surface area contributed by atoms with Crippen LogP contribution in [-0.2, 0) is 13.0 Å². The van der Waals surface area contributed by atoms with Crippen LogP contribution in [0.1, 0.15) is 36.2 Å². The van der Waals surface area contributed by atoms with Crippen LogP contribution in [0.4, 0.5) is 0 Å². The first kappa shape index (κ1) is 14.7. The maximum atomic E-state index is 4.42. The number of likely N-dealkylation sites (N-methyl/N-ethyl adjacent to an activating group) is 1. The molecule has 4 nitrogen and oxygen atoms in total. The molecule has 0 saturated heterocycles. The molecule has 0 aliphatic carbocycles. The van der Waals surface area contributed by atoms with Crippen LogP contribution in [0.3, 0.4) is 0 Å². The Labute approximate surface area is 121 Å². The molecule has 1 heterocycles. The van der Waals surface area contributed by atoms with E-state index in [2.05, 4.69) is 53.5 Å². The van der Waals surface area contributed by atoms with Crippen LogP contribution >= 0.6 is 0 Å². The first-order valence-corrected chi connectivity index (χ1v) is 7.32. The summed E-state index contributed by atoms with van der Waals surface area (Å²) in [6, 6.07) is 8.79. The van der Waals surface area contributed by atoms with Gasteiger partial charge in [0.15, 0.2) is 0 Å². The molecule has 0 bridgehead atoms. The fraction of sp³-hybridized carbons (Fsp3) is 0.500. The molecule has 2 rings (SSSR count). The van der Waals surface area contributed by atoms with E-state index < -0.39 is 0 Å². The predicted molar refractivity (Wildman–Crippen MR) is 81.9 cm³/mol. The maximum Gasteiger partial charge on any atom is 0.138 e. The highest BCUT2D eigenvalue weighted by atomic mass is 15.3. The van der Waals surface area contributed by atoms with Crippen molar-refractivity contribution in [2.24, 2.45) is 0 Å². The van der Waals surface area contributed by atoms with Crippen molar-refractivity contribution in [3.8, 4) is 0 Å². The van der Waals surface area contributed by atoms with Crippen molar-refractivity contribution < 1.29 is 0 Å². The molecule has 1 atom stereocenters. The third kappa shape index (κ3) is 3.67. The predicted octanol–water partition coefficient (Wildman–Crippen LogP) is 2.54. The van der Waals surface area contributed by atoms with E-state index in [1.165, 1.54) is 11.1 Å². The molecule has 1 aromatic carbocycles. The highest BCUT2D eigenvalue weighted by molar-refractivity contribution is 5.25. The quantitative estimate of drug-likeness (QED) is 0.842. The third-order valence-corrected chi connectivity index (χ3v) is 3.56. The van der Waals surface area contributed by atoms with Gasteiger partial charge < -0.3 is 5.32 Å². The molecule has 1 unspecified atom stereocenters. The number of benzene rings is 1. The molecule has 0 spiro atoms. The van der Waals surface area contributed by atoms with Crippen molar-refractivity contribution >= 4 is 0 Å². The smallest absolute Gasteiger partial charge is 0.138 e. The fourth-order valence-corrected chi connectivity index (χ4v) is 2.46. The van der Waals surface area contributed by atoms with Crippen LogP contribution in [0, 0.1) is 6.92 Å². The molecule has 0 saturated carbocycles. The second-order valence-corrected chi connectivity index (χ2v) is 5.27. The Morgan fingerprint density at radius 2 is 2.00 bits per heavy atom. The molecule has 0 amide bonds. The van der Waals surface area contributed by atoms with Gasteiger partial charge in [-0.3, -0.25) is 4.68 Å². The minimum Gasteiger partial charge on any atom is -0.319 e. The van der Waals surface area contributed by atoms with Gasteiger partial charge in [-0.25, -0.2) is 4.98 Å². The van der Waals surface area contributed by atoms with Gasteiger partial charge in [-0.05, 0) is 26.0 Å². The summed E-state index contributed by atoms with van der Waals surface area (Å²) in [4.78, 5) is 4.42. The molecule has 108 valence electrons. The molecule has 4 heteroatoms. The first-order chi connectivity index (χ1) is 9.74. The van der Waals surface area contributed by atoms with E-state index in [1.807, 2.05) is 11.7 Å². The summed E-state index contributed by atoms with van der Waals surface area (Å²) in [5.74, 6) is 1.51. The van der Waals surface area contributed by atoms with Gasteiger partial charge in [0.05, 0.1) is 0 Å². The highest BCUT2D eigenvalue weighted by Crippen LogP contribution is 2.20. The molecule has 1 N–H and O–H groups in total. The zero-order valence-corrected chi connectivity index (χ0v) is 12.6. The Hall–Kier alpha value is -1.68. The van der Waals surface area contributed by atoms with Crippen LogP contribution in [-0.4, -0.2) is 28.4 Å². The van der Waals surface area contributed by atoms with E-state index in [4.69, 9.17) is 0 Å². The second kappa shape index (κ2) is 7.20. The lowest BCUT2D eigenvalue weighted by atomic mass is 9.94. The SMILES string of the molecule is CCCn1ncnc1CC(CNC)c1ccc(C)cc1. The summed E-state index contributed by atoms with van der Waals surface area (Å²) in [7, 11) is 2.00. The van der Waals surface area contributed by atoms with Crippen molar-refractivity contribution in [3.63, 3.8) is 0 Å². The van der Waals surface area contributed by atoms with E-state index in [1.54, 1.807) is 6.33 Å². The van der Waals surface area contributed by atoms with Gasteiger partial charge in [0, 0.05) is 25.4 Å². The molecule has 2 aromatic rings. The molecule has 20 heavy (non-hydrogen) atoms. The van der Waals surface area contributed by atoms with Gasteiger partial charge in [-0.1, -0.05) is 36.8 Å². The van der Waals surface area contributed by atoms with Gasteiger partial charge in [-0.15, -0.1) is 0 Å². The first-order valence-electron chi connectivity index (χ1n) is 7.32. The van der Waals surface area contributed by atoms with Crippen molar-refractivity contribution in [1.82, 2.24) is 20.1 Å². The van der Waals surface area contributed by atoms with E-state index in [-0.39, 0.29) is 0 Å². The Morgan fingerprint density at radius 3 is 2.65 bits per heavy atom. The number of hydrogen-bond acceptors (Lipinski definition) is 3. The van der Waals surface area contributed by atoms with Crippen LogP contribution in [0.15, 0.2) is 30.6 Å². The largest absolute Gasteiger partial charge is 0.319 e. The number of aromatic nitrogens is 3. The van der Waals surface area contributed by atoms with Crippen LogP contribution < -0.4 is 5.32 Å². The third-order valence-electron chi connectivity index (χ3n) is 3.56. The standard InChI is InChI=1S/C16H24N4/c1-4-9-20-16(18-12-19-20)10-15(11-17-3)14-7-5-13(2)6-8-14/h5-8,12,15,17H,4,9-11H2,1-3H3. The minimum atomic E-state index is 0.431. The number of hydrogen-bond donors (Lipinski definition) is 1. The second-order valence-electron chi connectivity index (χ2n) is 5.27. The summed E-state index contributed by atoms with van der Waals surface area (Å²) in [5, 5.41) is 7.60. The summed E-state index contributed by atoms with van der Waals surface area (Å²) >= 11 is 0. The Kier molecular flexibility index (Phi) is 5.30. The van der Waals surface area contributed by atoms with E-state index >= 15 is 0 Å². The lowest BCUT2D eigenvalue weighted by molar-refractivity contribution is 0.533. The van der Waals surface area contributed by atoms with Gasteiger partial charge in [-0.2, -0.15) is 5.10 Å².